The van der Waals surface area contributed by atoms with Crippen LogP contribution in [0.15, 0.2) is 60.7 Å². The zero-order valence-corrected chi connectivity index (χ0v) is 20.4. The topological polar surface area (TPSA) is 69.7 Å². The summed E-state index contributed by atoms with van der Waals surface area (Å²) in [6.45, 7) is 1.76. The SMILES string of the molecule is CC(C(=O)NC1CCCC1)N(Cc1ccccc1Cl)C(=O)CN1C(=O)c2cccc3cccc1c23. The summed E-state index contributed by atoms with van der Waals surface area (Å²) in [5.41, 5.74) is 2.06. The molecule has 1 atom stereocenters. The zero-order chi connectivity index (χ0) is 24.5. The van der Waals surface area contributed by atoms with Gasteiger partial charge >= 0.3 is 0 Å². The highest BCUT2D eigenvalue weighted by molar-refractivity contribution is 6.31. The van der Waals surface area contributed by atoms with Crippen LogP contribution in [0.25, 0.3) is 10.8 Å². The summed E-state index contributed by atoms with van der Waals surface area (Å²) in [6.07, 6.45) is 4.12. The van der Waals surface area contributed by atoms with Crippen molar-refractivity contribution in [1.29, 1.82) is 0 Å². The Morgan fingerprint density at radius 2 is 1.77 bits per heavy atom. The standard InChI is InChI=1S/C28H28ClN3O3/c1-18(27(34)30-21-11-3-4-12-21)31(16-20-8-2-5-14-23(20)29)25(33)17-32-24-15-7-10-19-9-6-13-22(26(19)24)28(32)35/h2,5-10,13-15,18,21H,3-4,11-12,16-17H2,1H3,(H,30,34). The van der Waals surface area contributed by atoms with Crippen LogP contribution in [0.1, 0.15) is 48.5 Å². The van der Waals surface area contributed by atoms with Crippen molar-refractivity contribution in [1.82, 2.24) is 10.2 Å². The Morgan fingerprint density at radius 1 is 1.06 bits per heavy atom. The van der Waals surface area contributed by atoms with Gasteiger partial charge in [-0.3, -0.25) is 19.3 Å². The molecule has 1 aliphatic carbocycles. The minimum Gasteiger partial charge on any atom is -0.352 e. The van der Waals surface area contributed by atoms with Crippen LogP contribution in [0.2, 0.25) is 5.02 Å². The molecule has 3 amide bonds. The average molecular weight is 490 g/mol. The van der Waals surface area contributed by atoms with E-state index in [1.54, 1.807) is 19.1 Å². The van der Waals surface area contributed by atoms with Crippen LogP contribution < -0.4 is 10.2 Å². The molecule has 0 saturated heterocycles. The predicted octanol–water partition coefficient (Wildman–Crippen LogP) is 4.93. The number of rotatable bonds is 7. The van der Waals surface area contributed by atoms with Gasteiger partial charge in [-0.2, -0.15) is 0 Å². The second-order valence-corrected chi connectivity index (χ2v) is 9.76. The summed E-state index contributed by atoms with van der Waals surface area (Å²) >= 11 is 6.40. The van der Waals surface area contributed by atoms with E-state index in [1.165, 1.54) is 9.80 Å². The Kier molecular flexibility index (Phi) is 6.48. The molecule has 1 aliphatic heterocycles. The Labute approximate surface area is 209 Å². The lowest BCUT2D eigenvalue weighted by molar-refractivity contribution is -0.139. The molecule has 0 spiro atoms. The van der Waals surface area contributed by atoms with Crippen LogP contribution in [0.5, 0.6) is 0 Å². The zero-order valence-electron chi connectivity index (χ0n) is 19.7. The lowest BCUT2D eigenvalue weighted by atomic mass is 10.1. The minimum absolute atomic E-state index is 0.148. The number of hydrogen-bond donors (Lipinski definition) is 1. The van der Waals surface area contributed by atoms with Crippen molar-refractivity contribution >= 4 is 45.8 Å². The Bertz CT molecular complexity index is 1300. The molecule has 3 aromatic carbocycles. The molecule has 0 bridgehead atoms. The van der Waals surface area contributed by atoms with E-state index in [4.69, 9.17) is 11.6 Å². The molecule has 1 saturated carbocycles. The molecular formula is C28H28ClN3O3. The van der Waals surface area contributed by atoms with Gasteiger partial charge < -0.3 is 10.2 Å². The highest BCUT2D eigenvalue weighted by atomic mass is 35.5. The van der Waals surface area contributed by atoms with Crippen molar-refractivity contribution in [3.05, 3.63) is 76.8 Å². The lowest BCUT2D eigenvalue weighted by Crippen LogP contribution is -2.52. The summed E-state index contributed by atoms with van der Waals surface area (Å²) in [5, 5.41) is 5.45. The number of halogens is 1. The fraction of sp³-hybridized carbons (Fsp3) is 0.321. The van der Waals surface area contributed by atoms with Crippen molar-refractivity contribution in [2.24, 2.45) is 0 Å². The fourth-order valence-electron chi connectivity index (χ4n) is 5.15. The summed E-state index contributed by atoms with van der Waals surface area (Å²) in [6, 6.07) is 18.0. The average Bonchev–Trinajstić information content (AvgIpc) is 3.47. The van der Waals surface area contributed by atoms with E-state index in [0.717, 1.165) is 47.7 Å². The number of nitrogens with zero attached hydrogens (tertiary/aromatic N) is 2. The predicted molar refractivity (Wildman–Crippen MR) is 137 cm³/mol. The highest BCUT2D eigenvalue weighted by Crippen LogP contribution is 2.37. The third-order valence-corrected chi connectivity index (χ3v) is 7.48. The van der Waals surface area contributed by atoms with E-state index in [1.807, 2.05) is 48.5 Å². The van der Waals surface area contributed by atoms with Crippen LogP contribution in [-0.2, 0) is 16.1 Å². The van der Waals surface area contributed by atoms with Gasteiger partial charge in [0.25, 0.3) is 5.91 Å². The molecule has 2 aliphatic rings. The van der Waals surface area contributed by atoms with Crippen LogP contribution in [0, 0.1) is 0 Å². The first-order chi connectivity index (χ1) is 16.9. The quantitative estimate of drug-likeness (QED) is 0.511. The van der Waals surface area contributed by atoms with E-state index in [2.05, 4.69) is 5.32 Å². The van der Waals surface area contributed by atoms with Gasteiger partial charge in [-0.15, -0.1) is 0 Å². The molecule has 0 aromatic heterocycles. The van der Waals surface area contributed by atoms with E-state index < -0.39 is 6.04 Å². The van der Waals surface area contributed by atoms with Crippen LogP contribution in [0.3, 0.4) is 0 Å². The molecule has 1 N–H and O–H groups in total. The molecule has 6 nitrogen and oxygen atoms in total. The van der Waals surface area contributed by atoms with Crippen LogP contribution in [0.4, 0.5) is 5.69 Å². The number of hydrogen-bond acceptors (Lipinski definition) is 3. The first kappa shape index (κ1) is 23.4. The summed E-state index contributed by atoms with van der Waals surface area (Å²) < 4.78 is 0. The number of nitrogens with one attached hydrogen (secondary N) is 1. The lowest BCUT2D eigenvalue weighted by Gasteiger charge is -2.31. The molecule has 7 heteroatoms. The maximum Gasteiger partial charge on any atom is 0.259 e. The molecule has 35 heavy (non-hydrogen) atoms. The number of anilines is 1. The van der Waals surface area contributed by atoms with Gasteiger partial charge in [0.2, 0.25) is 11.8 Å². The molecule has 1 unspecified atom stereocenters. The van der Waals surface area contributed by atoms with Crippen molar-refractivity contribution in [3.8, 4) is 0 Å². The third kappa shape index (κ3) is 4.50. The van der Waals surface area contributed by atoms with Gasteiger partial charge in [-0.25, -0.2) is 0 Å². The fourth-order valence-corrected chi connectivity index (χ4v) is 5.34. The first-order valence-corrected chi connectivity index (χ1v) is 12.5. The van der Waals surface area contributed by atoms with Gasteiger partial charge in [0, 0.05) is 28.6 Å². The Balaban J connectivity index is 1.41. The summed E-state index contributed by atoms with van der Waals surface area (Å²) in [7, 11) is 0. The van der Waals surface area contributed by atoms with Crippen LogP contribution >= 0.6 is 11.6 Å². The molecule has 1 fully saturated rings. The van der Waals surface area contributed by atoms with Gasteiger partial charge in [0.1, 0.15) is 12.6 Å². The molecule has 0 radical (unpaired) electrons. The van der Waals surface area contributed by atoms with Crippen LogP contribution in [-0.4, -0.2) is 41.2 Å². The van der Waals surface area contributed by atoms with Crippen molar-refractivity contribution in [2.75, 3.05) is 11.4 Å². The largest absolute Gasteiger partial charge is 0.352 e. The molecule has 3 aromatic rings. The molecule has 180 valence electrons. The number of benzene rings is 3. The summed E-state index contributed by atoms with van der Waals surface area (Å²) in [5.74, 6) is -0.696. The van der Waals surface area contributed by atoms with E-state index in [0.29, 0.717) is 10.6 Å². The number of carbonyl (C=O) groups is 3. The van der Waals surface area contributed by atoms with E-state index >= 15 is 0 Å². The van der Waals surface area contributed by atoms with Gasteiger partial charge in [0.15, 0.2) is 0 Å². The van der Waals surface area contributed by atoms with Gasteiger partial charge in [0.05, 0.1) is 5.69 Å². The summed E-state index contributed by atoms with van der Waals surface area (Å²) in [4.78, 5) is 43.1. The second kappa shape index (κ2) is 9.70. The minimum atomic E-state index is -0.713. The Hall–Kier alpha value is -3.38. The maximum absolute atomic E-state index is 13.7. The monoisotopic (exact) mass is 489 g/mol. The number of carbonyl (C=O) groups excluding carboxylic acids is 3. The van der Waals surface area contributed by atoms with Crippen molar-refractivity contribution in [3.63, 3.8) is 0 Å². The smallest absolute Gasteiger partial charge is 0.259 e. The van der Waals surface area contributed by atoms with E-state index in [-0.39, 0.29) is 36.9 Å². The first-order valence-electron chi connectivity index (χ1n) is 12.1. The Morgan fingerprint density at radius 3 is 2.51 bits per heavy atom. The molecule has 5 rings (SSSR count). The van der Waals surface area contributed by atoms with Gasteiger partial charge in [-0.05, 0) is 48.9 Å². The van der Waals surface area contributed by atoms with Crippen molar-refractivity contribution < 1.29 is 14.4 Å². The maximum atomic E-state index is 13.7. The highest BCUT2D eigenvalue weighted by Gasteiger charge is 2.35. The molecule has 1 heterocycles. The second-order valence-electron chi connectivity index (χ2n) is 9.35. The number of amides is 3. The van der Waals surface area contributed by atoms with Gasteiger partial charge in [-0.1, -0.05) is 66.9 Å². The molecular weight excluding hydrogens is 462 g/mol. The van der Waals surface area contributed by atoms with Crippen molar-refractivity contribution in [2.45, 2.75) is 51.2 Å². The third-order valence-electron chi connectivity index (χ3n) is 7.11. The normalized spacial score (nSPS) is 16.1. The van der Waals surface area contributed by atoms with E-state index in [9.17, 15) is 14.4 Å².